The second kappa shape index (κ2) is 5.48. The van der Waals surface area contributed by atoms with Gasteiger partial charge in [0.25, 0.3) is 0 Å². The molecule has 1 aromatic carbocycles. The number of hydrogen-bond acceptors (Lipinski definition) is 4. The first kappa shape index (κ1) is 14.1. The number of nitro groups is 1. The third-order valence-electron chi connectivity index (χ3n) is 3.39. The van der Waals surface area contributed by atoms with Crippen LogP contribution < -0.4 is 4.74 Å². The highest BCUT2D eigenvalue weighted by atomic mass is 16.6. The monoisotopic (exact) mass is 297 g/mol. The lowest BCUT2D eigenvalue weighted by molar-refractivity contribution is -0.391. The molecular formula is C16H15N3O3. The topological polar surface area (TPSA) is 69.7 Å². The van der Waals surface area contributed by atoms with Gasteiger partial charge in [-0.05, 0) is 34.6 Å². The van der Waals surface area contributed by atoms with Gasteiger partial charge in [0, 0.05) is 6.07 Å². The van der Waals surface area contributed by atoms with E-state index >= 15 is 0 Å². The Bertz CT molecular complexity index is 840. The minimum absolute atomic E-state index is 0.00268. The first-order valence-corrected chi connectivity index (χ1v) is 6.95. The van der Waals surface area contributed by atoms with E-state index in [0.717, 1.165) is 5.56 Å². The molecule has 3 aromatic rings. The van der Waals surface area contributed by atoms with Crippen molar-refractivity contribution in [3.8, 4) is 11.6 Å². The van der Waals surface area contributed by atoms with E-state index in [1.165, 1.54) is 4.40 Å². The quantitative estimate of drug-likeness (QED) is 0.535. The zero-order valence-electron chi connectivity index (χ0n) is 12.3. The van der Waals surface area contributed by atoms with Crippen LogP contribution in [0.5, 0.6) is 11.6 Å². The second-order valence-electron chi connectivity index (χ2n) is 5.26. The van der Waals surface area contributed by atoms with E-state index < -0.39 is 4.92 Å². The molecular weight excluding hydrogens is 282 g/mol. The maximum absolute atomic E-state index is 11.3. The summed E-state index contributed by atoms with van der Waals surface area (Å²) in [5.74, 6) is 0.708. The van der Waals surface area contributed by atoms with Crippen LogP contribution in [0.1, 0.15) is 25.3 Å². The van der Waals surface area contributed by atoms with Crippen molar-refractivity contribution >= 4 is 11.5 Å². The minimum Gasteiger partial charge on any atom is -0.433 e. The largest absolute Gasteiger partial charge is 0.433 e. The van der Waals surface area contributed by atoms with Crippen molar-refractivity contribution < 1.29 is 9.66 Å². The van der Waals surface area contributed by atoms with Gasteiger partial charge in [0.1, 0.15) is 5.75 Å². The summed E-state index contributed by atoms with van der Waals surface area (Å²) in [6.07, 6.45) is 1.60. The molecule has 0 aliphatic heterocycles. The fourth-order valence-electron chi connectivity index (χ4n) is 2.24. The average Bonchev–Trinajstić information content (AvgIpc) is 2.85. The lowest BCUT2D eigenvalue weighted by Crippen LogP contribution is -1.96. The van der Waals surface area contributed by atoms with Gasteiger partial charge in [-0.15, -0.1) is 0 Å². The summed E-state index contributed by atoms with van der Waals surface area (Å²) in [7, 11) is 0. The van der Waals surface area contributed by atoms with Crippen molar-refractivity contribution in [1.82, 2.24) is 9.38 Å². The molecule has 0 saturated heterocycles. The van der Waals surface area contributed by atoms with E-state index in [1.54, 1.807) is 30.5 Å². The maximum atomic E-state index is 11.3. The molecule has 0 fully saturated rings. The summed E-state index contributed by atoms with van der Waals surface area (Å²) in [6.45, 7) is 4.15. The van der Waals surface area contributed by atoms with Gasteiger partial charge in [0.2, 0.25) is 5.65 Å². The molecule has 0 radical (unpaired) electrons. The zero-order chi connectivity index (χ0) is 15.7. The van der Waals surface area contributed by atoms with Crippen LogP contribution in [-0.4, -0.2) is 14.3 Å². The number of aromatic nitrogens is 2. The number of ether oxygens (including phenoxy) is 1. The molecule has 2 heterocycles. The van der Waals surface area contributed by atoms with Gasteiger partial charge >= 0.3 is 11.7 Å². The van der Waals surface area contributed by atoms with Crippen LogP contribution >= 0.6 is 0 Å². The van der Waals surface area contributed by atoms with Gasteiger partial charge < -0.3 is 14.9 Å². The van der Waals surface area contributed by atoms with Crippen LogP contribution in [0.3, 0.4) is 0 Å². The highest BCUT2D eigenvalue weighted by Gasteiger charge is 2.24. The Hall–Kier alpha value is -2.89. The Morgan fingerprint density at radius 3 is 2.77 bits per heavy atom. The summed E-state index contributed by atoms with van der Waals surface area (Å²) in [4.78, 5) is 15.0. The van der Waals surface area contributed by atoms with Crippen LogP contribution in [0.4, 0.5) is 5.82 Å². The van der Waals surface area contributed by atoms with Crippen LogP contribution in [0, 0.1) is 10.1 Å². The molecule has 0 aliphatic carbocycles. The van der Waals surface area contributed by atoms with Crippen molar-refractivity contribution in [1.29, 1.82) is 0 Å². The standard InChI is InChI=1S/C16H15N3O3/c1-11(2)12-6-5-7-13(10-12)22-15-16(19(20)21)18-9-4-3-8-14(18)17-15/h3-11H,1-2H3. The maximum Gasteiger partial charge on any atom is 0.392 e. The fourth-order valence-corrected chi connectivity index (χ4v) is 2.24. The Labute approximate surface area is 127 Å². The van der Waals surface area contributed by atoms with Gasteiger partial charge in [-0.25, -0.2) is 0 Å². The van der Waals surface area contributed by atoms with E-state index in [2.05, 4.69) is 18.8 Å². The average molecular weight is 297 g/mol. The van der Waals surface area contributed by atoms with E-state index in [0.29, 0.717) is 17.3 Å². The molecule has 2 aromatic heterocycles. The number of pyridine rings is 1. The van der Waals surface area contributed by atoms with E-state index in [4.69, 9.17) is 4.74 Å². The second-order valence-corrected chi connectivity index (χ2v) is 5.26. The summed E-state index contributed by atoms with van der Waals surface area (Å²) in [5.41, 5.74) is 1.58. The molecule has 0 N–H and O–H groups in total. The number of nitrogens with zero attached hydrogens (tertiary/aromatic N) is 3. The number of imidazole rings is 1. The molecule has 0 spiro atoms. The minimum atomic E-state index is -0.484. The molecule has 6 heteroatoms. The smallest absolute Gasteiger partial charge is 0.392 e. The Kier molecular flexibility index (Phi) is 3.50. The van der Waals surface area contributed by atoms with E-state index in [9.17, 15) is 10.1 Å². The molecule has 0 aliphatic rings. The summed E-state index contributed by atoms with van der Waals surface area (Å²) >= 11 is 0. The Balaban J connectivity index is 2.05. The van der Waals surface area contributed by atoms with Gasteiger partial charge in [0.05, 0.1) is 6.20 Å². The lowest BCUT2D eigenvalue weighted by atomic mass is 10.0. The number of benzene rings is 1. The summed E-state index contributed by atoms with van der Waals surface area (Å²) in [6, 6.07) is 12.7. The third kappa shape index (κ3) is 2.50. The normalized spacial score (nSPS) is 11.0. The Morgan fingerprint density at radius 1 is 1.23 bits per heavy atom. The van der Waals surface area contributed by atoms with Gasteiger partial charge in [-0.2, -0.15) is 9.38 Å². The van der Waals surface area contributed by atoms with Crippen LogP contribution in [0.25, 0.3) is 5.65 Å². The van der Waals surface area contributed by atoms with Crippen molar-refractivity contribution in [2.75, 3.05) is 0 Å². The van der Waals surface area contributed by atoms with Gasteiger partial charge in [-0.3, -0.25) is 0 Å². The SMILES string of the molecule is CC(C)c1cccc(Oc2nc3ccccn3c2[N+](=O)[O-])c1. The molecule has 22 heavy (non-hydrogen) atoms. The molecule has 0 bridgehead atoms. The summed E-state index contributed by atoms with van der Waals surface area (Å²) < 4.78 is 7.08. The fraction of sp³-hybridized carbons (Fsp3) is 0.188. The number of fused-ring (bicyclic) bond motifs is 1. The highest BCUT2D eigenvalue weighted by molar-refractivity contribution is 5.53. The van der Waals surface area contributed by atoms with Crippen molar-refractivity contribution in [3.63, 3.8) is 0 Å². The van der Waals surface area contributed by atoms with Gasteiger partial charge in [-0.1, -0.05) is 32.0 Å². The first-order chi connectivity index (χ1) is 10.6. The zero-order valence-corrected chi connectivity index (χ0v) is 12.3. The molecule has 0 atom stereocenters. The molecule has 6 nitrogen and oxygen atoms in total. The van der Waals surface area contributed by atoms with Crippen LogP contribution in [-0.2, 0) is 0 Å². The third-order valence-corrected chi connectivity index (χ3v) is 3.39. The molecule has 3 rings (SSSR count). The van der Waals surface area contributed by atoms with Crippen LogP contribution in [0.2, 0.25) is 0 Å². The molecule has 0 amide bonds. The number of rotatable bonds is 4. The highest BCUT2D eigenvalue weighted by Crippen LogP contribution is 2.32. The predicted molar refractivity (Wildman–Crippen MR) is 82.5 cm³/mol. The van der Waals surface area contributed by atoms with Crippen molar-refractivity contribution in [2.24, 2.45) is 0 Å². The summed E-state index contributed by atoms with van der Waals surface area (Å²) in [5, 5.41) is 11.3. The van der Waals surface area contributed by atoms with E-state index in [1.807, 2.05) is 18.2 Å². The Morgan fingerprint density at radius 2 is 2.05 bits per heavy atom. The van der Waals surface area contributed by atoms with Crippen LogP contribution in [0.15, 0.2) is 48.7 Å². The lowest BCUT2D eigenvalue weighted by Gasteiger charge is -2.07. The number of hydrogen-bond donors (Lipinski definition) is 0. The first-order valence-electron chi connectivity index (χ1n) is 6.95. The van der Waals surface area contributed by atoms with E-state index in [-0.39, 0.29) is 11.7 Å². The van der Waals surface area contributed by atoms with Gasteiger partial charge in [0.15, 0.2) is 0 Å². The molecule has 0 saturated carbocycles. The molecule has 0 unspecified atom stereocenters. The van der Waals surface area contributed by atoms with Crippen molar-refractivity contribution in [2.45, 2.75) is 19.8 Å². The van der Waals surface area contributed by atoms with Crippen molar-refractivity contribution in [3.05, 3.63) is 64.3 Å². The molecule has 112 valence electrons. The predicted octanol–water partition coefficient (Wildman–Crippen LogP) is 4.16.